The van der Waals surface area contributed by atoms with E-state index in [9.17, 15) is 9.59 Å². The van der Waals surface area contributed by atoms with Crippen LogP contribution in [0, 0.1) is 0 Å². The number of hydrogen-bond acceptors (Lipinski definition) is 3. The van der Waals surface area contributed by atoms with E-state index >= 15 is 0 Å². The van der Waals surface area contributed by atoms with Gasteiger partial charge in [-0.15, -0.1) is 11.3 Å². The van der Waals surface area contributed by atoms with Crippen LogP contribution in [0.2, 0.25) is 0 Å². The number of likely N-dealkylation sites (tertiary alicyclic amines) is 1. The second-order valence-electron chi connectivity index (χ2n) is 6.51. The van der Waals surface area contributed by atoms with Gasteiger partial charge in [-0.3, -0.25) is 9.36 Å². The van der Waals surface area contributed by atoms with E-state index in [1.54, 1.807) is 11.3 Å². The quantitative estimate of drug-likeness (QED) is 0.781. The smallest absolute Gasteiger partial charge is 0.326 e. The number of nitrogens with one attached hydrogen (secondary N) is 1. The highest BCUT2D eigenvalue weighted by molar-refractivity contribution is 7.09. The molecule has 3 heterocycles. The van der Waals surface area contributed by atoms with Crippen molar-refractivity contribution in [2.24, 2.45) is 0 Å². The maximum Gasteiger partial charge on any atom is 0.326 e. The summed E-state index contributed by atoms with van der Waals surface area (Å²) in [4.78, 5) is 30.9. The van der Waals surface area contributed by atoms with Gasteiger partial charge in [0.05, 0.1) is 11.0 Å². The zero-order valence-electron chi connectivity index (χ0n) is 14.0. The number of H-pyrrole nitrogens is 1. The maximum absolute atomic E-state index is 12.4. The summed E-state index contributed by atoms with van der Waals surface area (Å²) in [6, 6.07) is 12.0. The van der Waals surface area contributed by atoms with Crippen molar-refractivity contribution < 1.29 is 4.79 Å². The third-order valence-corrected chi connectivity index (χ3v) is 5.91. The van der Waals surface area contributed by atoms with E-state index in [1.165, 1.54) is 4.88 Å². The first-order valence-corrected chi connectivity index (χ1v) is 9.60. The van der Waals surface area contributed by atoms with Crippen molar-refractivity contribution >= 4 is 28.3 Å². The van der Waals surface area contributed by atoms with E-state index in [0.29, 0.717) is 6.42 Å². The number of imidazole rings is 1. The Bertz CT molecular complexity index is 918. The van der Waals surface area contributed by atoms with Gasteiger partial charge in [0.25, 0.3) is 0 Å². The number of para-hydroxylation sites is 2. The van der Waals surface area contributed by atoms with Crippen molar-refractivity contribution in [3.05, 3.63) is 57.1 Å². The predicted molar refractivity (Wildman–Crippen MR) is 100 cm³/mol. The SMILES string of the molecule is O=C(CCc1cccs1)N1CCC(n2c(=O)[nH]c3ccccc32)CC1. The first-order chi connectivity index (χ1) is 12.2. The number of amides is 1. The minimum absolute atomic E-state index is 0.0522. The molecule has 3 aromatic rings. The summed E-state index contributed by atoms with van der Waals surface area (Å²) in [5, 5.41) is 2.05. The molecule has 130 valence electrons. The van der Waals surface area contributed by atoms with Crippen molar-refractivity contribution in [3.8, 4) is 0 Å². The lowest BCUT2D eigenvalue weighted by atomic mass is 10.0. The Morgan fingerprint density at radius 3 is 2.72 bits per heavy atom. The summed E-state index contributed by atoms with van der Waals surface area (Å²) in [5.41, 5.74) is 1.78. The molecule has 0 saturated carbocycles. The van der Waals surface area contributed by atoms with Crippen molar-refractivity contribution in [1.29, 1.82) is 0 Å². The molecule has 0 bridgehead atoms. The van der Waals surface area contributed by atoms with Gasteiger partial charge in [0.15, 0.2) is 0 Å². The van der Waals surface area contributed by atoms with Crippen LogP contribution in [-0.2, 0) is 11.2 Å². The molecule has 0 atom stereocenters. The lowest BCUT2D eigenvalue weighted by molar-refractivity contribution is -0.132. The van der Waals surface area contributed by atoms with Gasteiger partial charge in [0.1, 0.15) is 0 Å². The molecule has 1 aromatic carbocycles. The van der Waals surface area contributed by atoms with Crippen molar-refractivity contribution in [3.63, 3.8) is 0 Å². The fraction of sp³-hybridized carbons (Fsp3) is 0.368. The highest BCUT2D eigenvalue weighted by atomic mass is 32.1. The van der Waals surface area contributed by atoms with Crippen molar-refractivity contribution in [2.45, 2.75) is 31.7 Å². The van der Waals surface area contributed by atoms with Gasteiger partial charge >= 0.3 is 5.69 Å². The van der Waals surface area contributed by atoms with Crippen LogP contribution in [0.5, 0.6) is 0 Å². The number of aryl methyl sites for hydroxylation is 1. The highest BCUT2D eigenvalue weighted by Gasteiger charge is 2.25. The lowest BCUT2D eigenvalue weighted by Crippen LogP contribution is -2.40. The molecule has 5 nitrogen and oxygen atoms in total. The molecule has 1 amide bonds. The maximum atomic E-state index is 12.4. The number of aromatic nitrogens is 2. The molecule has 0 unspecified atom stereocenters. The van der Waals surface area contributed by atoms with Gasteiger partial charge in [-0.05, 0) is 42.8 Å². The molecular weight excluding hydrogens is 334 g/mol. The highest BCUT2D eigenvalue weighted by Crippen LogP contribution is 2.25. The van der Waals surface area contributed by atoms with E-state index in [4.69, 9.17) is 0 Å². The van der Waals surface area contributed by atoms with E-state index in [2.05, 4.69) is 11.1 Å². The molecule has 1 fully saturated rings. The lowest BCUT2D eigenvalue weighted by Gasteiger charge is -2.32. The average molecular weight is 355 g/mol. The monoisotopic (exact) mass is 355 g/mol. The Balaban J connectivity index is 1.40. The molecule has 0 aliphatic carbocycles. The molecule has 2 aromatic heterocycles. The summed E-state index contributed by atoms with van der Waals surface area (Å²) in [6.07, 6.45) is 3.04. The fourth-order valence-corrected chi connectivity index (χ4v) is 4.36. The Labute approximate surface area is 149 Å². The van der Waals surface area contributed by atoms with Gasteiger partial charge in [0, 0.05) is 30.4 Å². The molecule has 4 rings (SSSR count). The summed E-state index contributed by atoms with van der Waals surface area (Å²) >= 11 is 1.70. The molecule has 25 heavy (non-hydrogen) atoms. The van der Waals surface area contributed by atoms with Gasteiger partial charge in [-0.2, -0.15) is 0 Å². The minimum atomic E-state index is -0.0522. The first-order valence-electron chi connectivity index (χ1n) is 8.72. The minimum Gasteiger partial charge on any atom is -0.343 e. The number of piperidine rings is 1. The van der Waals surface area contributed by atoms with E-state index in [-0.39, 0.29) is 17.6 Å². The van der Waals surface area contributed by atoms with Gasteiger partial charge in [-0.1, -0.05) is 18.2 Å². The second-order valence-corrected chi connectivity index (χ2v) is 7.54. The number of thiophene rings is 1. The van der Waals surface area contributed by atoms with Gasteiger partial charge < -0.3 is 9.88 Å². The summed E-state index contributed by atoms with van der Waals surface area (Å²) < 4.78 is 1.86. The summed E-state index contributed by atoms with van der Waals surface area (Å²) in [5.74, 6) is 0.220. The molecular formula is C19H21N3O2S. The Kier molecular flexibility index (Phi) is 4.44. The third-order valence-electron chi connectivity index (χ3n) is 4.97. The zero-order chi connectivity index (χ0) is 17.2. The predicted octanol–water partition coefficient (Wildman–Crippen LogP) is 3.19. The van der Waals surface area contributed by atoms with Crippen LogP contribution >= 0.6 is 11.3 Å². The normalized spacial score (nSPS) is 15.8. The summed E-state index contributed by atoms with van der Waals surface area (Å²) in [7, 11) is 0. The molecule has 0 spiro atoms. The summed E-state index contributed by atoms with van der Waals surface area (Å²) in [6.45, 7) is 1.44. The topological polar surface area (TPSA) is 58.1 Å². The number of nitrogens with zero attached hydrogens (tertiary/aromatic N) is 2. The number of rotatable bonds is 4. The number of benzene rings is 1. The van der Waals surface area contributed by atoms with Crippen molar-refractivity contribution in [1.82, 2.24) is 14.5 Å². The van der Waals surface area contributed by atoms with Gasteiger partial charge in [0.2, 0.25) is 5.91 Å². The molecule has 1 aliphatic heterocycles. The second kappa shape index (κ2) is 6.88. The number of carbonyl (C=O) groups excluding carboxylic acids is 1. The molecule has 1 N–H and O–H groups in total. The number of fused-ring (bicyclic) bond motifs is 1. The molecule has 6 heteroatoms. The largest absolute Gasteiger partial charge is 0.343 e. The average Bonchev–Trinajstić information content (AvgIpc) is 3.26. The van der Waals surface area contributed by atoms with E-state index < -0.39 is 0 Å². The first kappa shape index (κ1) is 16.1. The number of hydrogen-bond donors (Lipinski definition) is 1. The van der Waals surface area contributed by atoms with Gasteiger partial charge in [-0.25, -0.2) is 4.79 Å². The van der Waals surface area contributed by atoms with E-state index in [0.717, 1.165) is 43.4 Å². The molecule has 1 aliphatic rings. The van der Waals surface area contributed by atoms with Crippen LogP contribution in [0.4, 0.5) is 0 Å². The van der Waals surface area contributed by atoms with Crippen molar-refractivity contribution in [2.75, 3.05) is 13.1 Å². The van der Waals surface area contributed by atoms with Crippen LogP contribution in [0.1, 0.15) is 30.2 Å². The number of aromatic amines is 1. The zero-order valence-corrected chi connectivity index (χ0v) is 14.8. The Morgan fingerprint density at radius 2 is 1.96 bits per heavy atom. The molecule has 0 radical (unpaired) electrons. The van der Waals surface area contributed by atoms with Crippen LogP contribution in [0.15, 0.2) is 46.6 Å². The third kappa shape index (κ3) is 3.26. The Morgan fingerprint density at radius 1 is 1.16 bits per heavy atom. The van der Waals surface area contributed by atoms with Crippen LogP contribution < -0.4 is 5.69 Å². The Hall–Kier alpha value is -2.34. The van der Waals surface area contributed by atoms with Crippen LogP contribution in [0.25, 0.3) is 11.0 Å². The van der Waals surface area contributed by atoms with Crippen LogP contribution in [0.3, 0.4) is 0 Å². The molecule has 1 saturated heterocycles. The van der Waals surface area contributed by atoms with Crippen LogP contribution in [-0.4, -0.2) is 33.4 Å². The van der Waals surface area contributed by atoms with E-state index in [1.807, 2.05) is 45.2 Å². The standard InChI is InChI=1S/C19H21N3O2S/c23-18(8-7-15-4-3-13-25-15)21-11-9-14(10-12-21)22-17-6-2-1-5-16(17)20-19(22)24/h1-6,13-14H,7-12H2,(H,20,24). The fourth-order valence-electron chi connectivity index (χ4n) is 3.65. The number of carbonyl (C=O) groups is 1.